The van der Waals surface area contributed by atoms with Gasteiger partial charge in [-0.1, -0.05) is 6.07 Å². The molecule has 0 fully saturated rings. The van der Waals surface area contributed by atoms with Crippen LogP contribution in [0.25, 0.3) is 0 Å². The molecule has 0 radical (unpaired) electrons. The van der Waals surface area contributed by atoms with Gasteiger partial charge in [-0.3, -0.25) is 0 Å². The molecule has 6 nitrogen and oxygen atoms in total. The van der Waals surface area contributed by atoms with Crippen molar-refractivity contribution in [3.8, 4) is 11.5 Å². The number of primary amides is 1. The van der Waals surface area contributed by atoms with E-state index in [1.54, 1.807) is 13.0 Å². The predicted octanol–water partition coefficient (Wildman–Crippen LogP) is 0.844. The Bertz CT molecular complexity index is 375. The molecular weight excluding hydrogens is 224 g/mol. The van der Waals surface area contributed by atoms with Crippen molar-refractivity contribution in [2.75, 3.05) is 13.2 Å². The first-order valence-electron chi connectivity index (χ1n) is 5.19. The smallest absolute Gasteiger partial charge is 0.404 e. The van der Waals surface area contributed by atoms with Gasteiger partial charge in [-0.25, -0.2) is 4.79 Å². The minimum atomic E-state index is -0.829. The van der Waals surface area contributed by atoms with Crippen LogP contribution in [-0.4, -0.2) is 29.5 Å². The molecule has 94 valence electrons. The molecule has 0 aromatic heterocycles. The average molecular weight is 240 g/mol. The zero-order valence-corrected chi connectivity index (χ0v) is 9.51. The Morgan fingerprint density at radius 3 is 2.59 bits per heavy atom. The molecule has 1 rings (SSSR count). The first-order valence-corrected chi connectivity index (χ1v) is 5.19. The molecule has 17 heavy (non-hydrogen) atoms. The van der Waals surface area contributed by atoms with Gasteiger partial charge in [0.25, 0.3) is 0 Å². The third-order valence-electron chi connectivity index (χ3n) is 2.29. The molecule has 0 aliphatic rings. The number of phenols is 2. The summed E-state index contributed by atoms with van der Waals surface area (Å²) in [6.45, 7) is 2.28. The molecule has 0 aliphatic carbocycles. The summed E-state index contributed by atoms with van der Waals surface area (Å²) < 4.78 is 4.54. The number of hydrogen-bond acceptors (Lipinski definition) is 5. The maximum atomic E-state index is 10.3. The van der Waals surface area contributed by atoms with Crippen molar-refractivity contribution >= 4 is 6.09 Å². The number of amides is 1. The molecule has 0 saturated heterocycles. The molecule has 1 atom stereocenters. The lowest BCUT2D eigenvalue weighted by atomic mass is 10.1. The van der Waals surface area contributed by atoms with Gasteiger partial charge in [-0.2, -0.15) is 0 Å². The lowest BCUT2D eigenvalue weighted by Crippen LogP contribution is -2.26. The molecule has 1 unspecified atom stereocenters. The number of ether oxygens (including phenoxy) is 1. The second-order valence-corrected chi connectivity index (χ2v) is 3.55. The van der Waals surface area contributed by atoms with Crippen LogP contribution >= 0.6 is 0 Å². The number of phenolic OH excluding ortho intramolecular Hbond substituents is 2. The van der Waals surface area contributed by atoms with E-state index in [0.717, 1.165) is 0 Å². The number of nitrogens with two attached hydrogens (primary N) is 1. The molecule has 1 amide bonds. The summed E-state index contributed by atoms with van der Waals surface area (Å²) in [5.41, 5.74) is 5.21. The van der Waals surface area contributed by atoms with Gasteiger partial charge in [-0.15, -0.1) is 0 Å². The van der Waals surface area contributed by atoms with Crippen molar-refractivity contribution in [2.45, 2.75) is 13.0 Å². The standard InChI is InChI=1S/C11H16N2O4/c1-7(13-5-6-17-11(12)16)10-8(14)3-2-4-9(10)15/h2-4,7,13-15H,5-6H2,1H3,(H2,12,16). The first kappa shape index (κ1) is 13.1. The Hall–Kier alpha value is -1.95. The highest BCUT2D eigenvalue weighted by Crippen LogP contribution is 2.31. The summed E-state index contributed by atoms with van der Waals surface area (Å²) in [6, 6.07) is 4.27. The fraction of sp³-hybridized carbons (Fsp3) is 0.364. The zero-order valence-electron chi connectivity index (χ0n) is 9.51. The summed E-state index contributed by atoms with van der Waals surface area (Å²) in [5, 5.41) is 22.2. The van der Waals surface area contributed by atoms with E-state index in [-0.39, 0.29) is 24.1 Å². The second-order valence-electron chi connectivity index (χ2n) is 3.55. The third kappa shape index (κ3) is 3.84. The maximum Gasteiger partial charge on any atom is 0.404 e. The van der Waals surface area contributed by atoms with Gasteiger partial charge in [0.05, 0.1) is 5.56 Å². The fourth-order valence-electron chi connectivity index (χ4n) is 1.51. The summed E-state index contributed by atoms with van der Waals surface area (Å²) >= 11 is 0. The van der Waals surface area contributed by atoms with E-state index in [2.05, 4.69) is 10.1 Å². The van der Waals surface area contributed by atoms with Crippen LogP contribution in [0.1, 0.15) is 18.5 Å². The average Bonchev–Trinajstić information content (AvgIpc) is 2.24. The monoisotopic (exact) mass is 240 g/mol. The van der Waals surface area contributed by atoms with Gasteiger partial charge in [0.2, 0.25) is 0 Å². The number of carbonyl (C=O) groups excluding carboxylic acids is 1. The van der Waals surface area contributed by atoms with Crippen molar-refractivity contribution in [3.63, 3.8) is 0 Å². The van der Waals surface area contributed by atoms with Gasteiger partial charge in [-0.05, 0) is 19.1 Å². The molecule has 1 aromatic rings. The molecular formula is C11H16N2O4. The van der Waals surface area contributed by atoms with Crippen LogP contribution in [0.15, 0.2) is 18.2 Å². The van der Waals surface area contributed by atoms with E-state index in [9.17, 15) is 15.0 Å². The van der Waals surface area contributed by atoms with Crippen LogP contribution in [0.2, 0.25) is 0 Å². The summed E-state index contributed by atoms with van der Waals surface area (Å²) in [5.74, 6) is 0.0293. The Kier molecular flexibility index (Phi) is 4.59. The third-order valence-corrected chi connectivity index (χ3v) is 2.29. The maximum absolute atomic E-state index is 10.3. The summed E-state index contributed by atoms with van der Waals surface area (Å²) in [4.78, 5) is 10.3. The van der Waals surface area contributed by atoms with E-state index in [1.165, 1.54) is 12.1 Å². The number of rotatable bonds is 5. The van der Waals surface area contributed by atoms with Gasteiger partial charge in [0, 0.05) is 12.6 Å². The molecule has 5 N–H and O–H groups in total. The van der Waals surface area contributed by atoms with Crippen molar-refractivity contribution < 1.29 is 19.7 Å². The minimum absolute atomic E-state index is 0.0146. The number of benzene rings is 1. The van der Waals surface area contributed by atoms with Crippen LogP contribution in [0, 0.1) is 0 Å². The van der Waals surface area contributed by atoms with Crippen molar-refractivity contribution in [1.29, 1.82) is 0 Å². The van der Waals surface area contributed by atoms with Crippen LogP contribution in [0.4, 0.5) is 4.79 Å². The van der Waals surface area contributed by atoms with Crippen molar-refractivity contribution in [1.82, 2.24) is 5.32 Å². The lowest BCUT2D eigenvalue weighted by molar-refractivity contribution is 0.156. The summed E-state index contributed by atoms with van der Waals surface area (Å²) in [7, 11) is 0. The Morgan fingerprint density at radius 2 is 2.06 bits per heavy atom. The highest BCUT2D eigenvalue weighted by atomic mass is 16.5. The molecule has 1 aromatic carbocycles. The summed E-state index contributed by atoms with van der Waals surface area (Å²) in [6.07, 6.45) is -0.829. The SMILES string of the molecule is CC(NCCOC(N)=O)c1c(O)cccc1O. The van der Waals surface area contributed by atoms with Gasteiger partial charge in [0.15, 0.2) is 0 Å². The number of nitrogens with one attached hydrogen (secondary N) is 1. The fourth-order valence-corrected chi connectivity index (χ4v) is 1.51. The normalized spacial score (nSPS) is 12.1. The van der Waals surface area contributed by atoms with Crippen LogP contribution in [0.3, 0.4) is 0 Å². The Morgan fingerprint density at radius 1 is 1.47 bits per heavy atom. The molecule has 6 heteroatoms. The first-order chi connectivity index (χ1) is 8.02. The van der Waals surface area contributed by atoms with Crippen molar-refractivity contribution in [3.05, 3.63) is 23.8 Å². The van der Waals surface area contributed by atoms with Crippen molar-refractivity contribution in [2.24, 2.45) is 5.73 Å². The molecule has 0 bridgehead atoms. The van der Waals surface area contributed by atoms with Crippen LogP contribution in [0.5, 0.6) is 11.5 Å². The minimum Gasteiger partial charge on any atom is -0.507 e. The lowest BCUT2D eigenvalue weighted by Gasteiger charge is -2.16. The predicted molar refractivity (Wildman–Crippen MR) is 61.7 cm³/mol. The van der Waals surface area contributed by atoms with Gasteiger partial charge < -0.3 is 26.0 Å². The number of hydrogen-bond donors (Lipinski definition) is 4. The number of carbonyl (C=O) groups is 1. The Labute approximate surface area is 99.0 Å². The molecule has 0 saturated carbocycles. The highest BCUT2D eigenvalue weighted by Gasteiger charge is 2.14. The second kappa shape index (κ2) is 5.95. The van der Waals surface area contributed by atoms with E-state index < -0.39 is 6.09 Å². The Balaban J connectivity index is 2.52. The van der Waals surface area contributed by atoms with E-state index in [0.29, 0.717) is 12.1 Å². The van der Waals surface area contributed by atoms with Gasteiger partial charge in [0.1, 0.15) is 18.1 Å². The highest BCUT2D eigenvalue weighted by molar-refractivity contribution is 5.64. The molecule has 0 spiro atoms. The van der Waals surface area contributed by atoms with Crippen LogP contribution < -0.4 is 11.1 Å². The molecule has 0 aliphatic heterocycles. The largest absolute Gasteiger partial charge is 0.507 e. The quantitative estimate of drug-likeness (QED) is 0.571. The van der Waals surface area contributed by atoms with Crippen LogP contribution in [-0.2, 0) is 4.74 Å². The molecule has 0 heterocycles. The van der Waals surface area contributed by atoms with Gasteiger partial charge >= 0.3 is 6.09 Å². The zero-order chi connectivity index (χ0) is 12.8. The topological polar surface area (TPSA) is 105 Å². The van der Waals surface area contributed by atoms with E-state index >= 15 is 0 Å². The number of aromatic hydroxyl groups is 2. The van der Waals surface area contributed by atoms with E-state index in [4.69, 9.17) is 5.73 Å². The van der Waals surface area contributed by atoms with E-state index in [1.807, 2.05) is 0 Å².